The summed E-state index contributed by atoms with van der Waals surface area (Å²) in [6, 6.07) is 1.53. The largest absolute Gasteiger partial charge is 0.472 e. The second-order valence-electron chi connectivity index (χ2n) is 11.3. The molecule has 2 fully saturated rings. The number of hydrogen-bond donors (Lipinski definition) is 2. The highest BCUT2D eigenvalue weighted by molar-refractivity contribution is 5.89. The normalized spacial score (nSPS) is 41.9. The Morgan fingerprint density at radius 1 is 1.21 bits per heavy atom. The van der Waals surface area contributed by atoms with Crippen molar-refractivity contribution in [2.24, 2.45) is 35.5 Å². The molecule has 12 unspecified atom stereocenters. The molecule has 10 nitrogen and oxygen atoms in total. The first-order valence-electron chi connectivity index (χ1n) is 13.5. The van der Waals surface area contributed by atoms with Crippen LogP contribution in [0.3, 0.4) is 0 Å². The number of furan rings is 1. The number of aliphatic hydroxyl groups is 2. The van der Waals surface area contributed by atoms with Crippen molar-refractivity contribution in [2.75, 3.05) is 27.4 Å². The van der Waals surface area contributed by atoms with Crippen LogP contribution in [0.5, 0.6) is 0 Å². The Morgan fingerprint density at radius 3 is 2.64 bits per heavy atom. The number of hydrogen-bond acceptors (Lipinski definition) is 10. The van der Waals surface area contributed by atoms with Gasteiger partial charge in [-0.05, 0) is 18.6 Å². The highest BCUT2D eigenvalue weighted by atomic mass is 16.6. The van der Waals surface area contributed by atoms with E-state index < -0.39 is 71.7 Å². The molecule has 2 aliphatic carbocycles. The second-order valence-corrected chi connectivity index (χ2v) is 11.3. The van der Waals surface area contributed by atoms with Gasteiger partial charge in [0.25, 0.3) is 0 Å². The topological polar surface area (TPSA) is 134 Å². The Hall–Kier alpha value is -2.50. The fraction of sp³-hybridized carbons (Fsp3) is 0.655. The summed E-state index contributed by atoms with van der Waals surface area (Å²) in [7, 11) is 2.99. The third kappa shape index (κ3) is 4.46. The first-order valence-corrected chi connectivity index (χ1v) is 13.5. The SMILES string of the molecule is COCC(O)C1OC(=O)C(COC)C2C=CC3C4OC2(C(C)=CC1C)C3C(O)C(C)C4OC(=O)c1ccoc1. The van der Waals surface area contributed by atoms with Gasteiger partial charge in [0.15, 0.2) is 0 Å². The minimum absolute atomic E-state index is 0.00179. The number of ether oxygens (including phenoxy) is 5. The maximum atomic E-state index is 13.7. The van der Waals surface area contributed by atoms with Crippen LogP contribution in [0.25, 0.3) is 0 Å². The molecule has 1 spiro atoms. The summed E-state index contributed by atoms with van der Waals surface area (Å²) < 4.78 is 34.5. The molecule has 1 saturated carbocycles. The fourth-order valence-corrected chi connectivity index (χ4v) is 7.32. The standard InChI is InChI=1S/C29H38O10/c1-14-10-15(2)29-20(19(12-34-4)28(33)37-24(14)21(30)13-35-5)7-6-18-22(29)23(31)16(3)25(26(18)39-29)38-27(32)17-8-9-36-11-17/h6-11,14,16,18-26,30-31H,12-13H2,1-5H3. The number of carbonyl (C=O) groups is 2. The van der Waals surface area contributed by atoms with Crippen molar-refractivity contribution in [3.8, 4) is 0 Å². The van der Waals surface area contributed by atoms with Gasteiger partial charge in [-0.25, -0.2) is 4.79 Å². The third-order valence-corrected chi connectivity index (χ3v) is 9.10. The highest BCUT2D eigenvalue weighted by Gasteiger charge is 2.70. The first-order chi connectivity index (χ1) is 18.6. The molecule has 2 aliphatic heterocycles. The van der Waals surface area contributed by atoms with Crippen molar-refractivity contribution in [3.05, 3.63) is 48.0 Å². The molecule has 1 aromatic rings. The fourth-order valence-electron chi connectivity index (χ4n) is 7.32. The number of esters is 2. The van der Waals surface area contributed by atoms with Crippen LogP contribution in [0.1, 0.15) is 31.1 Å². The van der Waals surface area contributed by atoms with E-state index in [2.05, 4.69) is 0 Å². The van der Waals surface area contributed by atoms with E-state index >= 15 is 0 Å². The molecule has 0 amide bonds. The van der Waals surface area contributed by atoms with E-state index in [1.54, 1.807) is 0 Å². The zero-order valence-corrected chi connectivity index (χ0v) is 22.9. The molecule has 1 saturated heterocycles. The Morgan fingerprint density at radius 2 is 1.97 bits per heavy atom. The number of rotatable bonds is 7. The zero-order chi connectivity index (χ0) is 28.1. The van der Waals surface area contributed by atoms with Crippen LogP contribution in [0.4, 0.5) is 0 Å². The van der Waals surface area contributed by atoms with Crippen LogP contribution in [0, 0.1) is 35.5 Å². The third-order valence-electron chi connectivity index (χ3n) is 9.10. The van der Waals surface area contributed by atoms with E-state index in [-0.39, 0.29) is 30.6 Å². The average molecular weight is 547 g/mol. The summed E-state index contributed by atoms with van der Waals surface area (Å²) in [6.07, 6.45) is 4.55. The highest BCUT2D eigenvalue weighted by Crippen LogP contribution is 2.61. The lowest BCUT2D eigenvalue weighted by Crippen LogP contribution is -2.58. The minimum atomic E-state index is -1.08. The lowest BCUT2D eigenvalue weighted by Gasteiger charge is -2.49. The summed E-state index contributed by atoms with van der Waals surface area (Å²) in [5.74, 6) is -3.82. The van der Waals surface area contributed by atoms with Gasteiger partial charge < -0.3 is 38.3 Å². The minimum Gasteiger partial charge on any atom is -0.472 e. The molecule has 3 heterocycles. The number of methoxy groups -OCH3 is 2. The summed E-state index contributed by atoms with van der Waals surface area (Å²) in [5.41, 5.74) is 0.0257. The van der Waals surface area contributed by atoms with Crippen LogP contribution in [-0.4, -0.2) is 85.7 Å². The van der Waals surface area contributed by atoms with Crippen LogP contribution in [0.2, 0.25) is 0 Å². The molecule has 12 atom stereocenters. The van der Waals surface area contributed by atoms with Gasteiger partial charge in [0.1, 0.15) is 36.3 Å². The molecule has 10 heteroatoms. The molecule has 39 heavy (non-hydrogen) atoms. The van der Waals surface area contributed by atoms with Crippen molar-refractivity contribution < 1.29 is 47.9 Å². The Kier molecular flexibility index (Phi) is 7.78. The monoisotopic (exact) mass is 546 g/mol. The summed E-state index contributed by atoms with van der Waals surface area (Å²) in [6.45, 7) is 5.71. The average Bonchev–Trinajstić information content (AvgIpc) is 3.51. The maximum absolute atomic E-state index is 13.7. The van der Waals surface area contributed by atoms with Crippen molar-refractivity contribution in [1.82, 2.24) is 0 Å². The lowest BCUT2D eigenvalue weighted by atomic mass is 9.56. The lowest BCUT2D eigenvalue weighted by molar-refractivity contribution is -0.173. The van der Waals surface area contributed by atoms with Gasteiger partial charge >= 0.3 is 11.9 Å². The van der Waals surface area contributed by atoms with E-state index in [1.807, 2.05) is 39.0 Å². The van der Waals surface area contributed by atoms with Gasteiger partial charge in [-0.1, -0.05) is 32.1 Å². The molecule has 0 aromatic carbocycles. The van der Waals surface area contributed by atoms with E-state index in [0.29, 0.717) is 0 Å². The summed E-state index contributed by atoms with van der Waals surface area (Å²) in [4.78, 5) is 26.6. The maximum Gasteiger partial charge on any atom is 0.341 e. The predicted octanol–water partition coefficient (Wildman–Crippen LogP) is 2.15. The van der Waals surface area contributed by atoms with Crippen molar-refractivity contribution in [3.63, 3.8) is 0 Å². The molecule has 0 radical (unpaired) electrons. The number of cyclic esters (lactones) is 1. The van der Waals surface area contributed by atoms with Crippen LogP contribution in [-0.2, 0) is 28.5 Å². The van der Waals surface area contributed by atoms with Crippen LogP contribution in [0.15, 0.2) is 46.8 Å². The van der Waals surface area contributed by atoms with Gasteiger partial charge in [-0.3, -0.25) is 4.79 Å². The number of carbonyl (C=O) groups excluding carboxylic acids is 2. The van der Waals surface area contributed by atoms with Gasteiger partial charge in [-0.15, -0.1) is 0 Å². The molecular weight excluding hydrogens is 508 g/mol. The molecule has 214 valence electrons. The Labute approximate surface area is 227 Å². The van der Waals surface area contributed by atoms with Gasteiger partial charge in [0.2, 0.25) is 0 Å². The Balaban J connectivity index is 1.59. The van der Waals surface area contributed by atoms with Crippen molar-refractivity contribution in [1.29, 1.82) is 0 Å². The van der Waals surface area contributed by atoms with Crippen LogP contribution < -0.4 is 0 Å². The van der Waals surface area contributed by atoms with Crippen LogP contribution >= 0.6 is 0 Å². The molecule has 4 aliphatic rings. The molecule has 2 N–H and O–H groups in total. The van der Waals surface area contributed by atoms with Gasteiger partial charge in [0, 0.05) is 43.8 Å². The molecule has 4 bridgehead atoms. The zero-order valence-electron chi connectivity index (χ0n) is 22.9. The smallest absolute Gasteiger partial charge is 0.341 e. The Bertz CT molecular complexity index is 1110. The van der Waals surface area contributed by atoms with Crippen molar-refractivity contribution >= 4 is 11.9 Å². The second kappa shape index (κ2) is 10.8. The van der Waals surface area contributed by atoms with Gasteiger partial charge in [0.05, 0.1) is 37.1 Å². The molecule has 1 aromatic heterocycles. The number of aliphatic hydroxyl groups excluding tert-OH is 2. The summed E-state index contributed by atoms with van der Waals surface area (Å²) >= 11 is 0. The van der Waals surface area contributed by atoms with E-state index in [9.17, 15) is 19.8 Å². The van der Waals surface area contributed by atoms with E-state index in [1.165, 1.54) is 32.8 Å². The van der Waals surface area contributed by atoms with E-state index in [0.717, 1.165) is 5.57 Å². The molecular formula is C29H38O10. The van der Waals surface area contributed by atoms with Crippen molar-refractivity contribution in [2.45, 2.75) is 56.9 Å². The first kappa shape index (κ1) is 28.0. The predicted molar refractivity (Wildman–Crippen MR) is 136 cm³/mol. The van der Waals surface area contributed by atoms with E-state index in [4.69, 9.17) is 28.1 Å². The quantitative estimate of drug-likeness (QED) is 0.387. The molecule has 5 rings (SSSR count). The van der Waals surface area contributed by atoms with Gasteiger partial charge in [-0.2, -0.15) is 0 Å². The summed E-state index contributed by atoms with van der Waals surface area (Å²) in [5, 5.41) is 22.6.